The Hall–Kier alpha value is -1.07. The van der Waals surface area contributed by atoms with E-state index in [9.17, 15) is 4.79 Å². The van der Waals surface area contributed by atoms with Crippen LogP contribution in [0.3, 0.4) is 0 Å². The van der Waals surface area contributed by atoms with E-state index in [1.54, 1.807) is 13.1 Å². The van der Waals surface area contributed by atoms with Crippen molar-refractivity contribution in [3.8, 4) is 5.75 Å². The first kappa shape index (κ1) is 12.0. The summed E-state index contributed by atoms with van der Waals surface area (Å²) in [6.45, 7) is 0.444. The molecule has 5 heteroatoms. The molecule has 0 aliphatic carbocycles. The molecule has 0 spiro atoms. The standard InChI is InChI=1S/C10H13BrN2O2/c1-13-10(14)6-15-8-2-3-9(11)7(4-8)5-12/h2-4H,5-6,12H2,1H3,(H,13,14). The fourth-order valence-electron chi connectivity index (χ4n) is 1.02. The predicted molar refractivity (Wildman–Crippen MR) is 61.6 cm³/mol. The van der Waals surface area contributed by atoms with Gasteiger partial charge < -0.3 is 15.8 Å². The molecule has 4 nitrogen and oxygen atoms in total. The highest BCUT2D eigenvalue weighted by atomic mass is 79.9. The van der Waals surface area contributed by atoms with E-state index in [2.05, 4.69) is 21.2 Å². The van der Waals surface area contributed by atoms with E-state index in [1.165, 1.54) is 0 Å². The number of likely N-dealkylation sites (N-methyl/N-ethyl adjacent to an activating group) is 1. The number of amides is 1. The van der Waals surface area contributed by atoms with Gasteiger partial charge in [-0.2, -0.15) is 0 Å². The molecule has 0 saturated heterocycles. The van der Waals surface area contributed by atoms with Crippen LogP contribution in [0.1, 0.15) is 5.56 Å². The number of hydrogen-bond acceptors (Lipinski definition) is 3. The lowest BCUT2D eigenvalue weighted by molar-refractivity contribution is -0.122. The third-order valence-electron chi connectivity index (χ3n) is 1.89. The largest absolute Gasteiger partial charge is 0.484 e. The van der Waals surface area contributed by atoms with Crippen LogP contribution in [-0.2, 0) is 11.3 Å². The highest BCUT2D eigenvalue weighted by Gasteiger charge is 2.03. The summed E-state index contributed by atoms with van der Waals surface area (Å²) in [7, 11) is 1.57. The second-order valence-electron chi connectivity index (χ2n) is 2.92. The Kier molecular flexibility index (Phi) is 4.58. The monoisotopic (exact) mass is 272 g/mol. The molecular formula is C10H13BrN2O2. The van der Waals surface area contributed by atoms with E-state index in [-0.39, 0.29) is 12.5 Å². The predicted octanol–water partition coefficient (Wildman–Crippen LogP) is 1.03. The molecule has 15 heavy (non-hydrogen) atoms. The van der Waals surface area contributed by atoms with Crippen molar-refractivity contribution in [2.45, 2.75) is 6.54 Å². The summed E-state index contributed by atoms with van der Waals surface area (Å²) in [5, 5.41) is 2.48. The molecule has 0 saturated carbocycles. The molecule has 0 bridgehead atoms. The average molecular weight is 273 g/mol. The lowest BCUT2D eigenvalue weighted by Crippen LogP contribution is -2.24. The highest BCUT2D eigenvalue weighted by molar-refractivity contribution is 9.10. The molecule has 1 aromatic rings. The van der Waals surface area contributed by atoms with Gasteiger partial charge in [0.1, 0.15) is 5.75 Å². The third-order valence-corrected chi connectivity index (χ3v) is 2.66. The summed E-state index contributed by atoms with van der Waals surface area (Å²) in [4.78, 5) is 10.9. The summed E-state index contributed by atoms with van der Waals surface area (Å²) in [5.74, 6) is 0.481. The van der Waals surface area contributed by atoms with Crippen molar-refractivity contribution >= 4 is 21.8 Å². The first-order chi connectivity index (χ1) is 7.17. The van der Waals surface area contributed by atoms with Crippen molar-refractivity contribution in [3.05, 3.63) is 28.2 Å². The number of hydrogen-bond donors (Lipinski definition) is 2. The molecular weight excluding hydrogens is 260 g/mol. The smallest absolute Gasteiger partial charge is 0.257 e. The van der Waals surface area contributed by atoms with Crippen molar-refractivity contribution in [2.24, 2.45) is 5.73 Å². The van der Waals surface area contributed by atoms with Crippen molar-refractivity contribution in [2.75, 3.05) is 13.7 Å². The van der Waals surface area contributed by atoms with Crippen LogP contribution in [0.15, 0.2) is 22.7 Å². The van der Waals surface area contributed by atoms with E-state index in [1.807, 2.05) is 12.1 Å². The Morgan fingerprint density at radius 1 is 1.60 bits per heavy atom. The van der Waals surface area contributed by atoms with E-state index < -0.39 is 0 Å². The van der Waals surface area contributed by atoms with Gasteiger partial charge in [-0.05, 0) is 23.8 Å². The molecule has 0 aliphatic heterocycles. The fourth-order valence-corrected chi connectivity index (χ4v) is 1.43. The molecule has 1 amide bonds. The topological polar surface area (TPSA) is 64.3 Å². The SMILES string of the molecule is CNC(=O)COc1ccc(Br)c(CN)c1. The number of halogens is 1. The van der Waals surface area contributed by atoms with Crippen molar-refractivity contribution in [1.29, 1.82) is 0 Å². The zero-order valence-corrected chi connectivity index (χ0v) is 10.0. The first-order valence-corrected chi connectivity index (χ1v) is 5.28. The normalized spacial score (nSPS) is 9.80. The van der Waals surface area contributed by atoms with Gasteiger partial charge in [-0.15, -0.1) is 0 Å². The fraction of sp³-hybridized carbons (Fsp3) is 0.300. The second-order valence-corrected chi connectivity index (χ2v) is 3.77. The lowest BCUT2D eigenvalue weighted by Gasteiger charge is -2.07. The molecule has 0 unspecified atom stereocenters. The third kappa shape index (κ3) is 3.53. The van der Waals surface area contributed by atoms with Gasteiger partial charge in [0.05, 0.1) is 0 Å². The van der Waals surface area contributed by atoms with Gasteiger partial charge in [0.2, 0.25) is 0 Å². The Morgan fingerprint density at radius 2 is 2.33 bits per heavy atom. The number of carbonyl (C=O) groups is 1. The lowest BCUT2D eigenvalue weighted by atomic mass is 10.2. The van der Waals surface area contributed by atoms with Gasteiger partial charge in [-0.3, -0.25) is 4.79 Å². The highest BCUT2D eigenvalue weighted by Crippen LogP contribution is 2.21. The Bertz CT molecular complexity index is 355. The summed E-state index contributed by atoms with van der Waals surface area (Å²) in [6, 6.07) is 5.45. The molecule has 0 heterocycles. The molecule has 0 atom stereocenters. The number of ether oxygens (including phenoxy) is 1. The summed E-state index contributed by atoms with van der Waals surface area (Å²) < 4.78 is 6.21. The van der Waals surface area contributed by atoms with Crippen molar-refractivity contribution < 1.29 is 9.53 Å². The van der Waals surface area contributed by atoms with E-state index in [0.29, 0.717) is 12.3 Å². The second kappa shape index (κ2) is 5.72. The summed E-state index contributed by atoms with van der Waals surface area (Å²) in [6.07, 6.45) is 0. The minimum atomic E-state index is -0.160. The van der Waals surface area contributed by atoms with Crippen LogP contribution in [0, 0.1) is 0 Å². The zero-order chi connectivity index (χ0) is 11.3. The minimum Gasteiger partial charge on any atom is -0.484 e. The van der Waals surface area contributed by atoms with Gasteiger partial charge in [0.15, 0.2) is 6.61 Å². The quantitative estimate of drug-likeness (QED) is 0.861. The van der Waals surface area contributed by atoms with E-state index in [0.717, 1.165) is 10.0 Å². The van der Waals surface area contributed by atoms with Crippen LogP contribution in [0.4, 0.5) is 0 Å². The molecule has 0 fully saturated rings. The summed E-state index contributed by atoms with van der Waals surface area (Å²) >= 11 is 3.37. The first-order valence-electron chi connectivity index (χ1n) is 4.49. The average Bonchev–Trinajstić information content (AvgIpc) is 2.27. The maximum absolute atomic E-state index is 10.9. The maximum Gasteiger partial charge on any atom is 0.257 e. The Balaban J connectivity index is 2.66. The van der Waals surface area contributed by atoms with Gasteiger partial charge in [-0.25, -0.2) is 0 Å². The Morgan fingerprint density at radius 3 is 2.93 bits per heavy atom. The van der Waals surface area contributed by atoms with Crippen LogP contribution in [0.2, 0.25) is 0 Å². The molecule has 0 radical (unpaired) electrons. The molecule has 1 aromatic carbocycles. The molecule has 0 aliphatic rings. The molecule has 1 rings (SSSR count). The van der Waals surface area contributed by atoms with Crippen LogP contribution in [0.25, 0.3) is 0 Å². The van der Waals surface area contributed by atoms with Crippen LogP contribution in [0.5, 0.6) is 5.75 Å². The van der Waals surface area contributed by atoms with E-state index >= 15 is 0 Å². The van der Waals surface area contributed by atoms with Crippen LogP contribution in [-0.4, -0.2) is 19.6 Å². The van der Waals surface area contributed by atoms with Gasteiger partial charge in [0, 0.05) is 18.1 Å². The summed E-state index contributed by atoms with van der Waals surface area (Å²) in [5.41, 5.74) is 6.49. The van der Waals surface area contributed by atoms with Crippen molar-refractivity contribution in [3.63, 3.8) is 0 Å². The van der Waals surface area contributed by atoms with Gasteiger partial charge in [0.25, 0.3) is 5.91 Å². The molecule has 0 aromatic heterocycles. The van der Waals surface area contributed by atoms with Gasteiger partial charge in [-0.1, -0.05) is 15.9 Å². The maximum atomic E-state index is 10.9. The number of rotatable bonds is 4. The van der Waals surface area contributed by atoms with Gasteiger partial charge >= 0.3 is 0 Å². The molecule has 82 valence electrons. The zero-order valence-electron chi connectivity index (χ0n) is 8.42. The molecule has 3 N–H and O–H groups in total. The minimum absolute atomic E-state index is 0.0160. The van der Waals surface area contributed by atoms with E-state index in [4.69, 9.17) is 10.5 Å². The number of nitrogens with two attached hydrogens (primary N) is 1. The Labute approximate surface area is 96.9 Å². The number of benzene rings is 1. The van der Waals surface area contributed by atoms with Crippen molar-refractivity contribution in [1.82, 2.24) is 5.32 Å². The van der Waals surface area contributed by atoms with Crippen LogP contribution < -0.4 is 15.8 Å². The number of nitrogens with one attached hydrogen (secondary N) is 1. The van der Waals surface area contributed by atoms with Crippen LogP contribution >= 0.6 is 15.9 Å². The number of carbonyl (C=O) groups excluding carboxylic acids is 1.